The number of carbonyl (C=O) groups excluding carboxylic acids is 1. The summed E-state index contributed by atoms with van der Waals surface area (Å²) in [5.74, 6) is 0.0260. The van der Waals surface area contributed by atoms with Crippen molar-refractivity contribution in [2.75, 3.05) is 0 Å². The second-order valence-electron chi connectivity index (χ2n) is 6.55. The number of hydrogen-bond acceptors (Lipinski definition) is 5. The zero-order valence-corrected chi connectivity index (χ0v) is 17.5. The van der Waals surface area contributed by atoms with Crippen LogP contribution in [0.1, 0.15) is 33.3 Å². The fraction of sp³-hybridized carbons (Fsp3) is 0.286. The average molecular weight is 399 g/mol. The van der Waals surface area contributed by atoms with Crippen LogP contribution in [0, 0.1) is 20.8 Å². The van der Waals surface area contributed by atoms with Crippen LogP contribution in [-0.2, 0) is 6.54 Å². The smallest absolute Gasteiger partial charge is 0.263 e. The number of aryl methyl sites for hydroxylation is 3. The Labute approximate surface area is 167 Å². The van der Waals surface area contributed by atoms with Gasteiger partial charge in [0.25, 0.3) is 5.56 Å². The molecule has 3 rings (SSSR count). The van der Waals surface area contributed by atoms with Crippen LogP contribution in [0.15, 0.2) is 46.9 Å². The number of rotatable bonds is 6. The van der Waals surface area contributed by atoms with Crippen molar-refractivity contribution in [3.63, 3.8) is 0 Å². The number of thioether (sulfide) groups is 1. The first-order chi connectivity index (χ1) is 12.8. The second kappa shape index (κ2) is 7.82. The minimum atomic E-state index is -0.352. The zero-order chi connectivity index (χ0) is 19.7. The van der Waals surface area contributed by atoms with E-state index in [0.29, 0.717) is 22.7 Å². The lowest BCUT2D eigenvalue weighted by Crippen LogP contribution is -2.24. The van der Waals surface area contributed by atoms with Gasteiger partial charge in [-0.3, -0.25) is 14.2 Å². The monoisotopic (exact) mass is 398 g/mol. The third-order valence-corrected chi connectivity index (χ3v) is 6.74. The van der Waals surface area contributed by atoms with Crippen molar-refractivity contribution in [1.82, 2.24) is 9.55 Å². The van der Waals surface area contributed by atoms with Crippen LogP contribution >= 0.6 is 23.1 Å². The molecule has 0 N–H and O–H groups in total. The van der Waals surface area contributed by atoms with Crippen LogP contribution < -0.4 is 5.56 Å². The molecule has 0 bridgehead atoms. The second-order valence-corrected chi connectivity index (χ2v) is 9.06. The Morgan fingerprint density at radius 1 is 1.30 bits per heavy atom. The highest BCUT2D eigenvalue weighted by Crippen LogP contribution is 2.30. The van der Waals surface area contributed by atoms with Crippen molar-refractivity contribution in [1.29, 1.82) is 0 Å². The zero-order valence-electron chi connectivity index (χ0n) is 15.9. The van der Waals surface area contributed by atoms with E-state index in [4.69, 9.17) is 4.98 Å². The molecule has 140 valence electrons. The van der Waals surface area contributed by atoms with Crippen LogP contribution in [0.4, 0.5) is 0 Å². The molecule has 0 radical (unpaired) electrons. The van der Waals surface area contributed by atoms with Crippen molar-refractivity contribution in [2.45, 2.75) is 44.6 Å². The molecule has 0 unspecified atom stereocenters. The Morgan fingerprint density at radius 3 is 2.59 bits per heavy atom. The first-order valence-electron chi connectivity index (χ1n) is 8.72. The fourth-order valence-electron chi connectivity index (χ4n) is 2.85. The van der Waals surface area contributed by atoms with Crippen LogP contribution in [0.2, 0.25) is 0 Å². The molecule has 0 saturated heterocycles. The molecule has 0 fully saturated rings. The van der Waals surface area contributed by atoms with E-state index < -0.39 is 0 Å². The van der Waals surface area contributed by atoms with Gasteiger partial charge >= 0.3 is 0 Å². The number of benzene rings is 1. The number of fused-ring (bicyclic) bond motifs is 1. The van der Waals surface area contributed by atoms with Gasteiger partial charge in [-0.25, -0.2) is 4.98 Å². The number of ketones is 1. The van der Waals surface area contributed by atoms with Gasteiger partial charge in [-0.2, -0.15) is 0 Å². The molecule has 0 spiro atoms. The van der Waals surface area contributed by atoms with E-state index >= 15 is 0 Å². The number of carbonyl (C=O) groups is 1. The molecular weight excluding hydrogens is 376 g/mol. The van der Waals surface area contributed by atoms with E-state index in [2.05, 4.69) is 6.58 Å². The largest absolute Gasteiger partial charge is 0.293 e. The Balaban J connectivity index is 2.01. The van der Waals surface area contributed by atoms with Gasteiger partial charge in [0.15, 0.2) is 10.9 Å². The molecule has 2 heterocycles. The molecule has 0 saturated carbocycles. The summed E-state index contributed by atoms with van der Waals surface area (Å²) >= 11 is 2.84. The van der Waals surface area contributed by atoms with Gasteiger partial charge < -0.3 is 0 Å². The maximum Gasteiger partial charge on any atom is 0.263 e. The molecule has 27 heavy (non-hydrogen) atoms. The Kier molecular flexibility index (Phi) is 5.67. The Hall–Kier alpha value is -2.18. The van der Waals surface area contributed by atoms with E-state index in [1.165, 1.54) is 23.1 Å². The van der Waals surface area contributed by atoms with Gasteiger partial charge in [-0.1, -0.05) is 47.7 Å². The molecular formula is C21H22N2O2S2. The third-order valence-electron chi connectivity index (χ3n) is 4.55. The number of Topliss-reactive ketones (excluding diaryl/α,β-unsaturated/α-hetero) is 1. The summed E-state index contributed by atoms with van der Waals surface area (Å²) in [4.78, 5) is 32.3. The van der Waals surface area contributed by atoms with Crippen molar-refractivity contribution in [3.05, 3.63) is 68.8 Å². The topological polar surface area (TPSA) is 52.0 Å². The maximum absolute atomic E-state index is 13.0. The molecule has 0 aliphatic heterocycles. The molecule has 0 aliphatic carbocycles. The molecule has 0 aliphatic rings. The standard InChI is InChI=1S/C21H22N2O2S2/c1-6-11-23-20(25)17-13(3)14(4)26-19(17)22-21(23)27-15(5)18(24)16-9-7-12(2)8-10-16/h6-10,15H,1,11H2,2-5H3/t15-/m0/s1. The van der Waals surface area contributed by atoms with Gasteiger partial charge in [-0.05, 0) is 33.3 Å². The van der Waals surface area contributed by atoms with Gasteiger partial charge in [0, 0.05) is 17.0 Å². The summed E-state index contributed by atoms with van der Waals surface area (Å²) in [6, 6.07) is 7.54. The summed E-state index contributed by atoms with van der Waals surface area (Å²) in [7, 11) is 0. The summed E-state index contributed by atoms with van der Waals surface area (Å²) in [5.41, 5.74) is 2.69. The molecule has 1 atom stereocenters. The van der Waals surface area contributed by atoms with Gasteiger partial charge in [-0.15, -0.1) is 17.9 Å². The number of hydrogen-bond donors (Lipinski definition) is 0. The highest BCUT2D eigenvalue weighted by atomic mass is 32.2. The van der Waals surface area contributed by atoms with Gasteiger partial charge in [0.1, 0.15) is 4.83 Å². The normalized spacial score (nSPS) is 12.3. The van der Waals surface area contributed by atoms with Crippen molar-refractivity contribution >= 4 is 39.1 Å². The molecule has 4 nitrogen and oxygen atoms in total. The van der Waals surface area contributed by atoms with Crippen LogP contribution in [0.5, 0.6) is 0 Å². The minimum Gasteiger partial charge on any atom is -0.293 e. The lowest BCUT2D eigenvalue weighted by molar-refractivity contribution is 0.0994. The van der Waals surface area contributed by atoms with Gasteiger partial charge in [0.2, 0.25) is 0 Å². The van der Waals surface area contributed by atoms with Crippen molar-refractivity contribution < 1.29 is 4.79 Å². The van der Waals surface area contributed by atoms with E-state index in [1.807, 2.05) is 52.0 Å². The molecule has 1 aromatic carbocycles. The van der Waals surface area contributed by atoms with E-state index in [-0.39, 0.29) is 16.6 Å². The van der Waals surface area contributed by atoms with Crippen LogP contribution in [0.25, 0.3) is 10.2 Å². The van der Waals surface area contributed by atoms with E-state index in [0.717, 1.165) is 20.8 Å². The number of aromatic nitrogens is 2. The van der Waals surface area contributed by atoms with Gasteiger partial charge in [0.05, 0.1) is 10.6 Å². The SMILES string of the molecule is C=CCn1c(S[C@@H](C)C(=O)c2ccc(C)cc2)nc2sc(C)c(C)c2c1=O. The number of nitrogens with zero attached hydrogens (tertiary/aromatic N) is 2. The summed E-state index contributed by atoms with van der Waals surface area (Å²) in [6.45, 7) is 11.9. The van der Waals surface area contributed by atoms with Crippen molar-refractivity contribution in [2.24, 2.45) is 0 Å². The molecule has 2 aromatic heterocycles. The van der Waals surface area contributed by atoms with Crippen LogP contribution in [0.3, 0.4) is 0 Å². The lowest BCUT2D eigenvalue weighted by atomic mass is 10.1. The Bertz CT molecular complexity index is 1080. The summed E-state index contributed by atoms with van der Waals surface area (Å²) < 4.78 is 1.61. The number of thiophene rings is 1. The first-order valence-corrected chi connectivity index (χ1v) is 10.4. The van der Waals surface area contributed by atoms with Crippen LogP contribution in [-0.4, -0.2) is 20.6 Å². The summed E-state index contributed by atoms with van der Waals surface area (Å²) in [6.07, 6.45) is 1.68. The van der Waals surface area contributed by atoms with E-state index in [9.17, 15) is 9.59 Å². The average Bonchev–Trinajstić information content (AvgIpc) is 2.92. The lowest BCUT2D eigenvalue weighted by Gasteiger charge is -2.14. The summed E-state index contributed by atoms with van der Waals surface area (Å²) in [5, 5.41) is 0.873. The quantitative estimate of drug-likeness (QED) is 0.256. The van der Waals surface area contributed by atoms with E-state index in [1.54, 1.807) is 10.6 Å². The highest BCUT2D eigenvalue weighted by Gasteiger charge is 2.22. The van der Waals surface area contributed by atoms with Crippen molar-refractivity contribution in [3.8, 4) is 0 Å². The highest BCUT2D eigenvalue weighted by molar-refractivity contribution is 8.00. The molecule has 0 amide bonds. The first kappa shape index (κ1) is 19.6. The fourth-order valence-corrected chi connectivity index (χ4v) is 4.92. The Morgan fingerprint density at radius 2 is 1.96 bits per heavy atom. The predicted octanol–water partition coefficient (Wildman–Crippen LogP) is 4.93. The molecule has 6 heteroatoms. The predicted molar refractivity (Wildman–Crippen MR) is 114 cm³/mol. The molecule has 3 aromatic rings. The third kappa shape index (κ3) is 3.77. The number of allylic oxidation sites excluding steroid dienone is 1. The maximum atomic E-state index is 13.0. The minimum absolute atomic E-state index is 0.0260.